The van der Waals surface area contributed by atoms with Gasteiger partial charge in [0.1, 0.15) is 17.7 Å². The molecule has 0 unspecified atom stereocenters. The Hall–Kier alpha value is -3.96. The number of carbonyl (C=O) groups excluding carboxylic acids is 1. The van der Waals surface area contributed by atoms with Gasteiger partial charge in [-0.2, -0.15) is 10.4 Å². The highest BCUT2D eigenvalue weighted by Crippen LogP contribution is 2.39. The van der Waals surface area contributed by atoms with E-state index >= 15 is 0 Å². The Morgan fingerprint density at radius 3 is 2.66 bits per heavy atom. The van der Waals surface area contributed by atoms with Crippen molar-refractivity contribution in [2.24, 2.45) is 14.1 Å². The van der Waals surface area contributed by atoms with Crippen LogP contribution in [0.4, 0.5) is 10.2 Å². The molecule has 2 aromatic carbocycles. The van der Waals surface area contributed by atoms with Gasteiger partial charge in [-0.1, -0.05) is 12.1 Å². The third kappa shape index (κ3) is 3.74. The van der Waals surface area contributed by atoms with Crippen LogP contribution in [0.2, 0.25) is 0 Å². The van der Waals surface area contributed by atoms with E-state index < -0.39 is 5.82 Å². The van der Waals surface area contributed by atoms with Crippen molar-refractivity contribution in [1.29, 1.82) is 5.26 Å². The van der Waals surface area contributed by atoms with Crippen molar-refractivity contribution in [1.82, 2.24) is 19.7 Å². The van der Waals surface area contributed by atoms with Crippen molar-refractivity contribution >= 4 is 23.1 Å². The number of likely N-dealkylation sites (N-methyl/N-ethyl adjacent to an activating group) is 1. The third-order valence-electron chi connectivity index (χ3n) is 5.52. The first-order valence-electron chi connectivity index (χ1n) is 10.2. The molecule has 0 saturated carbocycles. The predicted molar refractivity (Wildman–Crippen MR) is 123 cm³/mol. The maximum absolute atomic E-state index is 14.5. The molecule has 4 aromatic rings. The Labute approximate surface area is 185 Å². The summed E-state index contributed by atoms with van der Waals surface area (Å²) in [5.41, 5.74) is 4.02. The molecule has 32 heavy (non-hydrogen) atoms. The summed E-state index contributed by atoms with van der Waals surface area (Å²) in [6, 6.07) is 14.3. The fraction of sp³-hybridized carbons (Fsp3) is 0.208. The molecule has 8 heteroatoms. The van der Waals surface area contributed by atoms with Crippen molar-refractivity contribution < 1.29 is 9.18 Å². The van der Waals surface area contributed by atoms with Crippen LogP contribution in [0.15, 0.2) is 48.7 Å². The molecule has 7 nitrogen and oxygen atoms in total. The second kappa shape index (κ2) is 8.65. The summed E-state index contributed by atoms with van der Waals surface area (Å²) in [5, 5.41) is 17.6. The highest BCUT2D eigenvalue weighted by atomic mass is 19.1. The molecule has 0 spiro atoms. The topological polar surface area (TPSA) is 78.9 Å². The van der Waals surface area contributed by atoms with Crippen molar-refractivity contribution in [3.8, 4) is 28.5 Å². The lowest BCUT2D eigenvalue weighted by molar-refractivity contribution is -0.107. The second-order valence-corrected chi connectivity index (χ2v) is 7.61. The van der Waals surface area contributed by atoms with Crippen LogP contribution in [0.25, 0.3) is 33.3 Å². The number of aromatic nitrogens is 3. The van der Waals surface area contributed by atoms with Gasteiger partial charge in [-0.3, -0.25) is 14.4 Å². The third-order valence-corrected chi connectivity index (χ3v) is 5.52. The molecule has 162 valence electrons. The normalized spacial score (nSPS) is 11.0. The Morgan fingerprint density at radius 2 is 1.97 bits per heavy atom. The zero-order valence-electron chi connectivity index (χ0n) is 18.1. The quantitative estimate of drug-likeness (QED) is 0.456. The van der Waals surface area contributed by atoms with Crippen LogP contribution in [0.5, 0.6) is 0 Å². The van der Waals surface area contributed by atoms with Crippen molar-refractivity contribution in [2.75, 3.05) is 25.0 Å². The molecule has 0 fully saturated rings. The number of nitrogens with zero attached hydrogens (tertiary/aromatic N) is 5. The lowest BCUT2D eigenvalue weighted by atomic mass is 9.99. The van der Waals surface area contributed by atoms with E-state index in [4.69, 9.17) is 5.26 Å². The van der Waals surface area contributed by atoms with Crippen LogP contribution in [0.3, 0.4) is 0 Å². The monoisotopic (exact) mass is 430 g/mol. The number of carbonyl (C=O) groups is 1. The van der Waals surface area contributed by atoms with Crippen LogP contribution in [0.1, 0.15) is 5.56 Å². The van der Waals surface area contributed by atoms with Crippen molar-refractivity contribution in [2.45, 2.75) is 0 Å². The molecule has 2 heterocycles. The molecular formula is C24H23FN6O. The van der Waals surface area contributed by atoms with Gasteiger partial charge in [0.15, 0.2) is 0 Å². The Bertz CT molecular complexity index is 1350. The van der Waals surface area contributed by atoms with Crippen LogP contribution >= 0.6 is 0 Å². The number of hydrogen-bond acceptors (Lipinski definition) is 4. The molecule has 0 radical (unpaired) electrons. The number of benzene rings is 2. The predicted octanol–water partition coefficient (Wildman–Crippen LogP) is 3.44. The lowest BCUT2D eigenvalue weighted by Crippen LogP contribution is -2.30. The number of aryl methyl sites for hydroxylation is 1. The number of anilines is 1. The average Bonchev–Trinajstić information content (AvgIpc) is 3.32. The summed E-state index contributed by atoms with van der Waals surface area (Å²) < 4.78 is 18.2. The first-order chi connectivity index (χ1) is 15.5. The van der Waals surface area contributed by atoms with E-state index in [9.17, 15) is 9.18 Å². The first kappa shape index (κ1) is 21.3. The van der Waals surface area contributed by atoms with E-state index in [-0.39, 0.29) is 5.56 Å². The number of nitrogens with one attached hydrogen (secondary N) is 1. The summed E-state index contributed by atoms with van der Waals surface area (Å²) >= 11 is 0. The summed E-state index contributed by atoms with van der Waals surface area (Å²) in [4.78, 5) is 13.5. The van der Waals surface area contributed by atoms with Gasteiger partial charge in [-0.05, 0) is 48.5 Å². The maximum atomic E-state index is 14.5. The smallest absolute Gasteiger partial charge is 0.215 e. The van der Waals surface area contributed by atoms with E-state index in [1.165, 1.54) is 12.1 Å². The van der Waals surface area contributed by atoms with E-state index in [1.54, 1.807) is 15.6 Å². The van der Waals surface area contributed by atoms with Gasteiger partial charge in [-0.25, -0.2) is 4.39 Å². The van der Waals surface area contributed by atoms with Crippen LogP contribution < -0.4 is 10.2 Å². The van der Waals surface area contributed by atoms with Gasteiger partial charge in [-0.15, -0.1) is 0 Å². The zero-order valence-corrected chi connectivity index (χ0v) is 18.1. The minimum atomic E-state index is -0.577. The number of hydrogen-bond donors (Lipinski definition) is 1. The van der Waals surface area contributed by atoms with E-state index in [1.807, 2.05) is 62.2 Å². The van der Waals surface area contributed by atoms with Gasteiger partial charge >= 0.3 is 0 Å². The number of fused-ring (bicyclic) bond motifs is 1. The molecular weight excluding hydrogens is 407 g/mol. The maximum Gasteiger partial charge on any atom is 0.215 e. The molecule has 0 bridgehead atoms. The summed E-state index contributed by atoms with van der Waals surface area (Å²) in [7, 11) is 5.58. The van der Waals surface area contributed by atoms with Crippen LogP contribution in [0, 0.1) is 17.1 Å². The fourth-order valence-electron chi connectivity index (χ4n) is 3.96. The second-order valence-electron chi connectivity index (χ2n) is 7.61. The molecule has 0 aliphatic heterocycles. The highest BCUT2D eigenvalue weighted by Gasteiger charge is 2.21. The number of rotatable bonds is 7. The Morgan fingerprint density at radius 1 is 1.19 bits per heavy atom. The molecule has 0 aliphatic rings. The van der Waals surface area contributed by atoms with Crippen LogP contribution in [-0.4, -0.2) is 40.9 Å². The van der Waals surface area contributed by atoms with Gasteiger partial charge < -0.3 is 9.88 Å². The largest absolute Gasteiger partial charge is 0.330 e. The number of nitriles is 1. The van der Waals surface area contributed by atoms with E-state index in [2.05, 4.69) is 10.4 Å². The number of halogens is 1. The van der Waals surface area contributed by atoms with Gasteiger partial charge in [0.2, 0.25) is 6.41 Å². The Kier molecular flexibility index (Phi) is 5.75. The van der Waals surface area contributed by atoms with Crippen molar-refractivity contribution in [3.05, 3.63) is 60.0 Å². The fourth-order valence-corrected chi connectivity index (χ4v) is 3.96. The Balaban J connectivity index is 1.94. The minimum Gasteiger partial charge on any atom is -0.330 e. The molecule has 0 saturated heterocycles. The van der Waals surface area contributed by atoms with Gasteiger partial charge in [0, 0.05) is 44.3 Å². The zero-order chi connectivity index (χ0) is 22.8. The van der Waals surface area contributed by atoms with E-state index in [0.717, 1.165) is 34.1 Å². The molecule has 2 aromatic heterocycles. The standard InChI is InChI=1S/C24H23FN6O/c1-27-8-9-31(15-32)23-12-20(16-4-5-18(13-26)21(25)11-16)24(30(23)3)17-6-7-22-19(10-17)14-29(2)28-22/h4-7,10-12,14-15,27H,8-9H2,1-3H3. The summed E-state index contributed by atoms with van der Waals surface area (Å²) in [5.74, 6) is 0.114. The van der Waals surface area contributed by atoms with Gasteiger partial charge in [0.25, 0.3) is 0 Å². The first-order valence-corrected chi connectivity index (χ1v) is 10.2. The molecule has 0 aliphatic carbocycles. The SMILES string of the molecule is CNCCN(C=O)c1cc(-c2ccc(C#N)c(F)c2)c(-c2ccc3nn(C)cc3c2)n1C. The van der Waals surface area contributed by atoms with E-state index in [0.29, 0.717) is 24.5 Å². The summed E-state index contributed by atoms with van der Waals surface area (Å²) in [6.45, 7) is 1.11. The molecule has 4 rings (SSSR count). The highest BCUT2D eigenvalue weighted by molar-refractivity contribution is 5.92. The van der Waals surface area contributed by atoms with Crippen molar-refractivity contribution in [3.63, 3.8) is 0 Å². The number of amides is 1. The minimum absolute atomic E-state index is 0.00762. The summed E-state index contributed by atoms with van der Waals surface area (Å²) in [6.07, 6.45) is 2.73. The average molecular weight is 430 g/mol. The van der Waals surface area contributed by atoms with Crippen LogP contribution in [-0.2, 0) is 18.9 Å². The molecule has 1 amide bonds. The lowest BCUT2D eigenvalue weighted by Gasteiger charge is -2.18. The molecule has 1 N–H and O–H groups in total. The molecule has 0 atom stereocenters. The van der Waals surface area contributed by atoms with Gasteiger partial charge in [0.05, 0.1) is 16.8 Å².